The number of aliphatic hydroxyl groups excluding tert-OH is 1. The van der Waals surface area contributed by atoms with Crippen LogP contribution in [-0.2, 0) is 27.4 Å². The molecule has 5 rings (SSSR count). The maximum atomic E-state index is 13.3. The molecule has 196 valence electrons. The molecule has 1 N–H and O–H groups in total. The number of hydrogen-bond acceptors (Lipinski definition) is 6. The SMILES string of the molecule is COCCCN1C(=O)C(=O)/C(=C(/O)c2ccc3c(c2)CC(C)O3)C1c1cccc(OCc2ccccc2)c1. The van der Waals surface area contributed by atoms with Crippen LogP contribution in [0.15, 0.2) is 78.4 Å². The molecule has 0 saturated carbocycles. The largest absolute Gasteiger partial charge is 0.507 e. The Labute approximate surface area is 222 Å². The van der Waals surface area contributed by atoms with Crippen LogP contribution >= 0.6 is 0 Å². The van der Waals surface area contributed by atoms with Gasteiger partial charge in [-0.1, -0.05) is 42.5 Å². The zero-order chi connectivity index (χ0) is 26.6. The highest BCUT2D eigenvalue weighted by Gasteiger charge is 2.46. The smallest absolute Gasteiger partial charge is 0.295 e. The molecular weight excluding hydrogens is 482 g/mol. The summed E-state index contributed by atoms with van der Waals surface area (Å²) in [4.78, 5) is 28.0. The Morgan fingerprint density at radius 1 is 1.05 bits per heavy atom. The Bertz CT molecular complexity index is 1370. The molecule has 2 unspecified atom stereocenters. The molecule has 2 heterocycles. The number of carbonyl (C=O) groups is 2. The van der Waals surface area contributed by atoms with Gasteiger partial charge in [-0.2, -0.15) is 0 Å². The highest BCUT2D eigenvalue weighted by atomic mass is 16.5. The standard InChI is InChI=1S/C31H31NO6/c1-20-16-24-17-23(12-13-26(24)38-20)29(33)27-28(32(14-7-15-36-2)31(35)30(27)34)22-10-6-11-25(18-22)37-19-21-8-4-3-5-9-21/h3-6,8-13,17-18,20,28,33H,7,14-16,19H2,1-2H3/b29-27+. The maximum Gasteiger partial charge on any atom is 0.295 e. The molecule has 0 radical (unpaired) electrons. The lowest BCUT2D eigenvalue weighted by atomic mass is 9.94. The van der Waals surface area contributed by atoms with Crippen molar-refractivity contribution in [1.29, 1.82) is 0 Å². The first-order chi connectivity index (χ1) is 18.5. The lowest BCUT2D eigenvalue weighted by Crippen LogP contribution is -2.31. The number of nitrogens with zero attached hydrogens (tertiary/aromatic N) is 1. The zero-order valence-corrected chi connectivity index (χ0v) is 21.6. The Balaban J connectivity index is 1.52. The van der Waals surface area contributed by atoms with Gasteiger partial charge in [0.25, 0.3) is 11.7 Å². The lowest BCUT2D eigenvalue weighted by Gasteiger charge is -2.25. The fourth-order valence-corrected chi connectivity index (χ4v) is 5.08. The van der Waals surface area contributed by atoms with E-state index < -0.39 is 17.7 Å². The Morgan fingerprint density at radius 2 is 1.87 bits per heavy atom. The fourth-order valence-electron chi connectivity index (χ4n) is 5.08. The van der Waals surface area contributed by atoms with Crippen molar-refractivity contribution in [3.63, 3.8) is 0 Å². The monoisotopic (exact) mass is 513 g/mol. The van der Waals surface area contributed by atoms with E-state index in [0.29, 0.717) is 49.5 Å². The third-order valence-electron chi connectivity index (χ3n) is 6.88. The zero-order valence-electron chi connectivity index (χ0n) is 21.6. The fraction of sp³-hybridized carbons (Fsp3) is 0.290. The van der Waals surface area contributed by atoms with E-state index in [9.17, 15) is 14.7 Å². The molecule has 1 fully saturated rings. The number of ketones is 1. The molecule has 7 nitrogen and oxygen atoms in total. The Kier molecular flexibility index (Phi) is 7.47. The van der Waals surface area contributed by atoms with E-state index in [1.54, 1.807) is 19.2 Å². The average molecular weight is 514 g/mol. The molecule has 2 atom stereocenters. The van der Waals surface area contributed by atoms with Gasteiger partial charge in [-0.3, -0.25) is 9.59 Å². The number of benzene rings is 3. The van der Waals surface area contributed by atoms with E-state index in [0.717, 1.165) is 16.9 Å². The Morgan fingerprint density at radius 3 is 2.66 bits per heavy atom. The third kappa shape index (κ3) is 5.15. The van der Waals surface area contributed by atoms with Crippen LogP contribution in [0.4, 0.5) is 0 Å². The van der Waals surface area contributed by atoms with Gasteiger partial charge in [-0.25, -0.2) is 0 Å². The molecule has 0 bridgehead atoms. The second-order valence-electron chi connectivity index (χ2n) is 9.64. The van der Waals surface area contributed by atoms with Crippen molar-refractivity contribution in [2.24, 2.45) is 0 Å². The molecule has 38 heavy (non-hydrogen) atoms. The molecule has 0 spiro atoms. The summed E-state index contributed by atoms with van der Waals surface area (Å²) < 4.78 is 17.0. The van der Waals surface area contributed by atoms with Gasteiger partial charge in [0.1, 0.15) is 30.0 Å². The van der Waals surface area contributed by atoms with E-state index in [1.807, 2.05) is 67.6 Å². The van der Waals surface area contributed by atoms with E-state index >= 15 is 0 Å². The summed E-state index contributed by atoms with van der Waals surface area (Å²) in [6, 6.07) is 21.8. The van der Waals surface area contributed by atoms with Gasteiger partial charge in [-0.15, -0.1) is 0 Å². The number of aliphatic hydroxyl groups is 1. The van der Waals surface area contributed by atoms with Gasteiger partial charge in [0.05, 0.1) is 11.6 Å². The van der Waals surface area contributed by atoms with Gasteiger partial charge in [0, 0.05) is 32.2 Å². The minimum atomic E-state index is -0.754. The van der Waals surface area contributed by atoms with Crippen LogP contribution in [0.25, 0.3) is 5.76 Å². The molecule has 7 heteroatoms. The summed E-state index contributed by atoms with van der Waals surface area (Å²) in [5.74, 6) is -0.154. The summed E-state index contributed by atoms with van der Waals surface area (Å²) in [6.07, 6.45) is 1.32. The molecule has 3 aromatic rings. The number of likely N-dealkylation sites (tertiary alicyclic amines) is 1. The van der Waals surface area contributed by atoms with Crippen molar-refractivity contribution < 1.29 is 28.9 Å². The topological polar surface area (TPSA) is 85.3 Å². The van der Waals surface area contributed by atoms with Gasteiger partial charge in [0.15, 0.2) is 0 Å². The van der Waals surface area contributed by atoms with Crippen molar-refractivity contribution in [1.82, 2.24) is 4.90 Å². The van der Waals surface area contributed by atoms with E-state index in [-0.39, 0.29) is 17.4 Å². The first-order valence-corrected chi connectivity index (χ1v) is 12.8. The minimum absolute atomic E-state index is 0.0485. The number of hydrogen-bond donors (Lipinski definition) is 1. The van der Waals surface area contributed by atoms with Crippen LogP contribution in [0.2, 0.25) is 0 Å². The number of carbonyl (C=O) groups excluding carboxylic acids is 2. The van der Waals surface area contributed by atoms with Crippen LogP contribution in [0.1, 0.15) is 41.6 Å². The highest BCUT2D eigenvalue weighted by molar-refractivity contribution is 6.46. The van der Waals surface area contributed by atoms with Crippen molar-refractivity contribution in [3.05, 3.63) is 101 Å². The first kappa shape index (κ1) is 25.5. The van der Waals surface area contributed by atoms with E-state index in [1.165, 1.54) is 4.90 Å². The quantitative estimate of drug-likeness (QED) is 0.187. The van der Waals surface area contributed by atoms with Crippen molar-refractivity contribution in [3.8, 4) is 11.5 Å². The van der Waals surface area contributed by atoms with Crippen LogP contribution in [0.3, 0.4) is 0 Å². The number of fused-ring (bicyclic) bond motifs is 1. The number of Topliss-reactive ketones (excluding diaryl/α,β-unsaturated/α-hetero) is 1. The Hall–Kier alpha value is -4.10. The lowest BCUT2D eigenvalue weighted by molar-refractivity contribution is -0.140. The summed E-state index contributed by atoms with van der Waals surface area (Å²) in [5, 5.41) is 11.4. The maximum absolute atomic E-state index is 13.3. The van der Waals surface area contributed by atoms with E-state index in [4.69, 9.17) is 14.2 Å². The first-order valence-electron chi connectivity index (χ1n) is 12.8. The summed E-state index contributed by atoms with van der Waals surface area (Å²) >= 11 is 0. The number of ether oxygens (including phenoxy) is 3. The molecule has 0 aliphatic carbocycles. The molecule has 2 aliphatic rings. The van der Waals surface area contributed by atoms with Crippen molar-refractivity contribution in [2.75, 3.05) is 20.3 Å². The van der Waals surface area contributed by atoms with Gasteiger partial charge >= 0.3 is 0 Å². The van der Waals surface area contributed by atoms with E-state index in [2.05, 4.69) is 0 Å². The third-order valence-corrected chi connectivity index (χ3v) is 6.88. The molecule has 3 aromatic carbocycles. The molecule has 2 aliphatic heterocycles. The normalized spacial score (nSPS) is 19.9. The number of rotatable bonds is 9. The van der Waals surface area contributed by atoms with Gasteiger partial charge < -0.3 is 24.2 Å². The van der Waals surface area contributed by atoms with Crippen LogP contribution in [-0.4, -0.2) is 48.1 Å². The predicted molar refractivity (Wildman–Crippen MR) is 143 cm³/mol. The molecule has 1 saturated heterocycles. The summed E-state index contributed by atoms with van der Waals surface area (Å²) in [6.45, 7) is 3.12. The van der Waals surface area contributed by atoms with Crippen LogP contribution in [0.5, 0.6) is 11.5 Å². The summed E-state index contributed by atoms with van der Waals surface area (Å²) in [5.41, 5.74) is 3.23. The number of amides is 1. The summed E-state index contributed by atoms with van der Waals surface area (Å²) in [7, 11) is 1.59. The average Bonchev–Trinajstić information content (AvgIpc) is 3.43. The van der Waals surface area contributed by atoms with Crippen LogP contribution < -0.4 is 9.47 Å². The predicted octanol–water partition coefficient (Wildman–Crippen LogP) is 5.05. The van der Waals surface area contributed by atoms with Gasteiger partial charge in [0.2, 0.25) is 0 Å². The molecule has 0 aromatic heterocycles. The van der Waals surface area contributed by atoms with Crippen molar-refractivity contribution >= 4 is 17.4 Å². The molecular formula is C31H31NO6. The second kappa shape index (κ2) is 11.1. The number of methoxy groups -OCH3 is 1. The minimum Gasteiger partial charge on any atom is -0.507 e. The van der Waals surface area contributed by atoms with Crippen molar-refractivity contribution in [2.45, 2.75) is 38.5 Å². The highest BCUT2D eigenvalue weighted by Crippen LogP contribution is 2.41. The van der Waals surface area contributed by atoms with Crippen LogP contribution in [0, 0.1) is 0 Å². The van der Waals surface area contributed by atoms with Gasteiger partial charge in [-0.05, 0) is 60.4 Å². The second-order valence-corrected chi connectivity index (χ2v) is 9.64. The molecule has 1 amide bonds.